The van der Waals surface area contributed by atoms with Crippen LogP contribution in [0, 0.1) is 18.1 Å². The molecule has 0 spiro atoms. The molecular formula is C41H38GeIrN2S-2. The second-order valence-corrected chi connectivity index (χ2v) is 24.6. The van der Waals surface area contributed by atoms with Gasteiger partial charge in [0.1, 0.15) is 0 Å². The molecule has 0 atom stereocenters. The normalized spacial score (nSPS) is 11.3. The molecule has 46 heavy (non-hydrogen) atoms. The van der Waals surface area contributed by atoms with Gasteiger partial charge in [-0.2, -0.15) is 11.3 Å². The molecule has 2 nitrogen and oxygen atoms in total. The molecule has 0 bridgehead atoms. The van der Waals surface area contributed by atoms with Gasteiger partial charge in [0.25, 0.3) is 0 Å². The van der Waals surface area contributed by atoms with Crippen LogP contribution in [0.2, 0.25) is 17.3 Å². The van der Waals surface area contributed by atoms with E-state index in [-0.39, 0.29) is 20.1 Å². The molecule has 0 saturated heterocycles. The van der Waals surface area contributed by atoms with Gasteiger partial charge in [-0.15, -0.1) is 17.7 Å². The largest absolute Gasteiger partial charge is 0 e. The van der Waals surface area contributed by atoms with Gasteiger partial charge in [0.2, 0.25) is 0 Å². The number of fused-ring (bicyclic) bond motifs is 3. The summed E-state index contributed by atoms with van der Waals surface area (Å²) in [6.07, 6.45) is 5.04. The summed E-state index contributed by atoms with van der Waals surface area (Å²) < 4.78 is 4.01. The van der Waals surface area contributed by atoms with Gasteiger partial charge in [0, 0.05) is 31.0 Å². The Hall–Kier alpha value is -3.41. The molecule has 5 heteroatoms. The van der Waals surface area contributed by atoms with Gasteiger partial charge in [-0.05, 0) is 40.3 Å². The molecule has 0 fully saturated rings. The monoisotopic (exact) mass is 857 g/mol. The van der Waals surface area contributed by atoms with Crippen LogP contribution in [0.3, 0.4) is 0 Å². The Morgan fingerprint density at radius 1 is 0.783 bits per heavy atom. The van der Waals surface area contributed by atoms with Crippen LogP contribution in [0.1, 0.15) is 19.4 Å². The Balaban J connectivity index is 0.000000209. The van der Waals surface area contributed by atoms with Crippen LogP contribution >= 0.6 is 11.3 Å². The van der Waals surface area contributed by atoms with E-state index >= 15 is 0 Å². The molecule has 7 aromatic rings. The Kier molecular flexibility index (Phi) is 11.1. The number of rotatable bonds is 6. The first-order valence-corrected chi connectivity index (χ1v) is 23.7. The molecule has 233 valence electrons. The Bertz CT molecular complexity index is 2030. The summed E-state index contributed by atoms with van der Waals surface area (Å²) in [7, 11) is 0. The second kappa shape index (κ2) is 15.0. The van der Waals surface area contributed by atoms with Crippen molar-refractivity contribution in [3.05, 3.63) is 139 Å². The van der Waals surface area contributed by atoms with E-state index in [0.717, 1.165) is 28.9 Å². The number of thiophene rings is 1. The summed E-state index contributed by atoms with van der Waals surface area (Å²) in [5.41, 5.74) is 7.99. The van der Waals surface area contributed by atoms with E-state index < -0.39 is 13.3 Å². The standard InChI is InChI=1S/C27H22NS.C14H16GeN.Ir/c1-18(2)16-19-14-15-28-24(17-19)22-13-12-21(20-8-4-3-5-9-20)26-23-10-6-7-11-25(23)29-27(22)26;1-15(2,3)13-9-10-14(16-11-13)12-7-5-4-6-8-12;/h3-12,14-15,17-18H,16H2,1-2H3;4-7,9-11H,1-3H3;/q2*-1;. The summed E-state index contributed by atoms with van der Waals surface area (Å²) in [5, 5.41) is 2.61. The number of benzene rings is 4. The van der Waals surface area contributed by atoms with E-state index in [9.17, 15) is 0 Å². The van der Waals surface area contributed by atoms with Gasteiger partial charge in [-0.3, -0.25) is 0 Å². The Labute approximate surface area is 293 Å². The number of hydrogen-bond donors (Lipinski definition) is 0. The zero-order valence-corrected chi connectivity index (χ0v) is 32.3. The molecule has 0 aliphatic carbocycles. The maximum atomic E-state index is 4.72. The van der Waals surface area contributed by atoms with E-state index in [2.05, 4.69) is 133 Å². The van der Waals surface area contributed by atoms with Crippen LogP contribution < -0.4 is 4.40 Å². The summed E-state index contributed by atoms with van der Waals surface area (Å²) >= 11 is 0.125. The molecule has 7 rings (SSSR count). The molecule has 0 amide bonds. The molecule has 1 radical (unpaired) electrons. The number of pyridine rings is 2. The van der Waals surface area contributed by atoms with Crippen molar-refractivity contribution < 1.29 is 20.1 Å². The minimum atomic E-state index is -1.72. The topological polar surface area (TPSA) is 25.8 Å². The molecule has 0 N–H and O–H groups in total. The predicted octanol–water partition coefficient (Wildman–Crippen LogP) is 10.9. The zero-order valence-electron chi connectivity index (χ0n) is 27.0. The van der Waals surface area contributed by atoms with Crippen molar-refractivity contribution in [2.75, 3.05) is 0 Å². The van der Waals surface area contributed by atoms with E-state index in [1.54, 1.807) is 0 Å². The Morgan fingerprint density at radius 3 is 2.24 bits per heavy atom. The SMILES string of the molecule is CC(C)Cc1ccnc(-c2[c-]cc(-c3ccccc3)c3c2sc2ccccc23)c1.[CH3][Ge]([CH3])([CH3])[c]1ccc(-c2[c-]cccc2)nc1.[Ir]. The quantitative estimate of drug-likeness (QED) is 0.123. The van der Waals surface area contributed by atoms with Crippen molar-refractivity contribution >= 4 is 49.2 Å². The van der Waals surface area contributed by atoms with E-state index in [1.807, 2.05) is 48.0 Å². The summed E-state index contributed by atoms with van der Waals surface area (Å²) in [6, 6.07) is 44.9. The minimum absolute atomic E-state index is 0. The molecule has 3 aromatic heterocycles. The molecule has 0 saturated carbocycles. The summed E-state index contributed by atoms with van der Waals surface area (Å²) in [6.45, 7) is 4.51. The first-order chi connectivity index (χ1) is 21.8. The van der Waals surface area contributed by atoms with E-state index in [0.29, 0.717) is 5.92 Å². The van der Waals surface area contributed by atoms with Gasteiger partial charge in [-0.1, -0.05) is 90.5 Å². The van der Waals surface area contributed by atoms with Gasteiger partial charge in [-0.25, -0.2) is 0 Å². The van der Waals surface area contributed by atoms with Crippen molar-refractivity contribution in [2.24, 2.45) is 5.92 Å². The van der Waals surface area contributed by atoms with Crippen molar-refractivity contribution in [2.45, 2.75) is 37.5 Å². The van der Waals surface area contributed by atoms with Crippen molar-refractivity contribution in [1.29, 1.82) is 0 Å². The van der Waals surface area contributed by atoms with Crippen molar-refractivity contribution in [3.8, 4) is 33.6 Å². The van der Waals surface area contributed by atoms with Gasteiger partial charge >= 0.3 is 99.8 Å². The third kappa shape index (κ3) is 7.75. The fraction of sp³-hybridized carbons (Fsp3) is 0.171. The average Bonchev–Trinajstić information content (AvgIpc) is 3.45. The smallest absolute Gasteiger partial charge is 0 e. The second-order valence-electron chi connectivity index (χ2n) is 12.9. The fourth-order valence-corrected chi connectivity index (χ4v) is 8.97. The maximum absolute atomic E-state index is 4.72. The van der Waals surface area contributed by atoms with E-state index in [1.165, 1.54) is 41.3 Å². The van der Waals surface area contributed by atoms with Crippen LogP contribution in [0.25, 0.3) is 53.8 Å². The average molecular weight is 856 g/mol. The summed E-state index contributed by atoms with van der Waals surface area (Å²) in [4.78, 5) is 9.25. The van der Waals surface area contributed by atoms with Crippen LogP contribution in [0.4, 0.5) is 0 Å². The van der Waals surface area contributed by atoms with Crippen LogP contribution in [0.15, 0.2) is 122 Å². The zero-order chi connectivity index (χ0) is 31.4. The molecule has 4 aromatic carbocycles. The Morgan fingerprint density at radius 2 is 1.54 bits per heavy atom. The first kappa shape index (κ1) is 33.9. The summed E-state index contributed by atoms with van der Waals surface area (Å²) in [5.74, 6) is 7.76. The molecule has 3 heterocycles. The molecule has 0 aliphatic rings. The third-order valence-electron chi connectivity index (χ3n) is 7.88. The van der Waals surface area contributed by atoms with Crippen molar-refractivity contribution in [1.82, 2.24) is 9.97 Å². The van der Waals surface area contributed by atoms with E-state index in [4.69, 9.17) is 4.98 Å². The van der Waals surface area contributed by atoms with Crippen molar-refractivity contribution in [3.63, 3.8) is 0 Å². The third-order valence-corrected chi connectivity index (χ3v) is 13.3. The van der Waals surface area contributed by atoms with Gasteiger partial charge < -0.3 is 4.98 Å². The molecular weight excluding hydrogens is 817 g/mol. The number of aromatic nitrogens is 2. The predicted molar refractivity (Wildman–Crippen MR) is 197 cm³/mol. The maximum Gasteiger partial charge on any atom is 0 e. The van der Waals surface area contributed by atoms with Crippen LogP contribution in [-0.2, 0) is 26.5 Å². The molecule has 0 aliphatic heterocycles. The minimum Gasteiger partial charge on any atom is 0 e. The fourth-order valence-electron chi connectivity index (χ4n) is 5.57. The molecule has 0 unspecified atom stereocenters. The van der Waals surface area contributed by atoms with Gasteiger partial charge in [0.15, 0.2) is 0 Å². The van der Waals surface area contributed by atoms with Crippen LogP contribution in [-0.4, -0.2) is 23.2 Å². The van der Waals surface area contributed by atoms with Crippen LogP contribution in [0.5, 0.6) is 0 Å². The number of hydrogen-bond acceptors (Lipinski definition) is 3. The number of nitrogens with zero attached hydrogens (tertiary/aromatic N) is 2. The van der Waals surface area contributed by atoms with Gasteiger partial charge in [0.05, 0.1) is 0 Å². The first-order valence-electron chi connectivity index (χ1n) is 15.6.